The van der Waals surface area contributed by atoms with Crippen molar-refractivity contribution in [3.05, 3.63) is 24.3 Å². The Bertz CT molecular complexity index is 1070. The smallest absolute Gasteiger partial charge is 0.320 e. The predicted octanol–water partition coefficient (Wildman–Crippen LogP) is -2.03. The first kappa shape index (κ1) is 47.2. The molecule has 3 fully saturated rings. The Morgan fingerprint density at radius 2 is 0.741 bits per heavy atom. The Morgan fingerprint density at radius 1 is 0.463 bits per heavy atom. The Labute approximate surface area is 314 Å². The third-order valence-electron chi connectivity index (χ3n) is 8.09. The van der Waals surface area contributed by atoms with Gasteiger partial charge in [-0.15, -0.1) is 0 Å². The van der Waals surface area contributed by atoms with Crippen LogP contribution >= 0.6 is 0 Å². The molecule has 0 aromatic carbocycles. The zero-order valence-electron chi connectivity index (χ0n) is 29.6. The summed E-state index contributed by atoms with van der Waals surface area (Å²) in [6.07, 6.45) is 5.69. The van der Waals surface area contributed by atoms with Crippen molar-refractivity contribution in [3.63, 3.8) is 0 Å². The molecule has 4 bridgehead atoms. The summed E-state index contributed by atoms with van der Waals surface area (Å²) in [7, 11) is 0. The number of rotatable bonds is 25. The van der Waals surface area contributed by atoms with Crippen LogP contribution < -0.4 is 0 Å². The van der Waals surface area contributed by atoms with Crippen molar-refractivity contribution in [1.82, 2.24) is 0 Å². The lowest BCUT2D eigenvalue weighted by molar-refractivity contribution is -0.161. The number of hydrogen-bond donors (Lipinski definition) is 4. The van der Waals surface area contributed by atoms with E-state index in [9.17, 15) is 19.2 Å². The summed E-state index contributed by atoms with van der Waals surface area (Å²) in [5.41, 5.74) is 0. The fraction of sp³-hybridized carbons (Fsp3) is 0.771. The highest BCUT2D eigenvalue weighted by Gasteiger charge is 2.59. The van der Waals surface area contributed by atoms with Gasteiger partial charge in [0.15, 0.2) is 0 Å². The Balaban J connectivity index is 0.000000354. The van der Waals surface area contributed by atoms with Crippen LogP contribution in [0.1, 0.15) is 7.43 Å². The van der Waals surface area contributed by atoms with Crippen LogP contribution in [-0.2, 0) is 71.3 Å². The van der Waals surface area contributed by atoms with Gasteiger partial charge in [-0.3, -0.25) is 19.2 Å². The number of fused-ring (bicyclic) bond motifs is 7. The van der Waals surface area contributed by atoms with Crippen molar-refractivity contribution in [1.29, 1.82) is 0 Å². The van der Waals surface area contributed by atoms with E-state index in [0.29, 0.717) is 52.9 Å². The van der Waals surface area contributed by atoms with Gasteiger partial charge in [-0.05, 0) is 0 Å². The lowest BCUT2D eigenvalue weighted by atomic mass is 9.83. The third kappa shape index (κ3) is 15.3. The molecule has 0 amide bonds. The van der Waals surface area contributed by atoms with E-state index in [1.807, 2.05) is 12.2 Å². The van der Waals surface area contributed by atoms with Crippen LogP contribution in [-0.4, -0.2) is 188 Å². The van der Waals surface area contributed by atoms with E-state index >= 15 is 0 Å². The highest BCUT2D eigenvalue weighted by atomic mass is 16.6. The summed E-state index contributed by atoms with van der Waals surface area (Å²) >= 11 is 0. The molecule has 54 heavy (non-hydrogen) atoms. The van der Waals surface area contributed by atoms with Gasteiger partial charge in [0.2, 0.25) is 0 Å². The van der Waals surface area contributed by atoms with Crippen LogP contribution in [0.25, 0.3) is 0 Å². The maximum absolute atomic E-state index is 12.5. The zero-order valence-corrected chi connectivity index (χ0v) is 29.6. The Kier molecular flexibility index (Phi) is 24.2. The van der Waals surface area contributed by atoms with Crippen molar-refractivity contribution < 1.29 is 91.7 Å². The van der Waals surface area contributed by atoms with E-state index in [4.69, 9.17) is 67.8 Å². The van der Waals surface area contributed by atoms with E-state index in [2.05, 4.69) is 4.74 Å². The third-order valence-corrected chi connectivity index (χ3v) is 8.09. The standard InChI is InChI=1S/C20H32O11.C8H6O4.C6H14O4.CH4/c21-3-5-25-7-9-27-11-13-29-19(23)17-15-1-2-16(31-15)18(17)20(24)30-14-12-28-10-8-26-6-4-22;9-7-5-3-1-2-4(11-3)6(5)8(10)12-7;7-1-3-9-5-6-10-4-2-8;/h1-2,15-18,21-22H,3-14H2;1-6H;7-8H,1-6H2;1H4. The summed E-state index contributed by atoms with van der Waals surface area (Å²) in [6, 6.07) is 0. The number of carbonyl (C=O) groups is 4. The number of carbonyl (C=O) groups excluding carboxylic acids is 4. The molecule has 5 heterocycles. The highest BCUT2D eigenvalue weighted by molar-refractivity contribution is 5.98. The van der Waals surface area contributed by atoms with Gasteiger partial charge in [-0.2, -0.15) is 0 Å². The lowest BCUT2D eigenvalue weighted by Crippen LogP contribution is -2.39. The van der Waals surface area contributed by atoms with E-state index in [0.717, 1.165) is 0 Å². The van der Waals surface area contributed by atoms with Crippen molar-refractivity contribution >= 4 is 23.9 Å². The van der Waals surface area contributed by atoms with Crippen LogP contribution in [0.4, 0.5) is 0 Å². The van der Waals surface area contributed by atoms with Crippen LogP contribution in [0.5, 0.6) is 0 Å². The molecule has 0 radical (unpaired) electrons. The van der Waals surface area contributed by atoms with Gasteiger partial charge in [0.1, 0.15) is 36.9 Å². The van der Waals surface area contributed by atoms with Gasteiger partial charge in [0.05, 0.1) is 130 Å². The zero-order chi connectivity index (χ0) is 38.3. The minimum atomic E-state index is -0.761. The molecule has 5 aliphatic heterocycles. The summed E-state index contributed by atoms with van der Waals surface area (Å²) in [5.74, 6) is -4.18. The van der Waals surface area contributed by atoms with E-state index in [1.165, 1.54) is 0 Å². The average molecular weight is 781 g/mol. The molecule has 19 heteroatoms. The Hall–Kier alpha value is -2.92. The number of esters is 4. The number of aliphatic hydroxyl groups is 4. The fourth-order valence-corrected chi connectivity index (χ4v) is 5.79. The summed E-state index contributed by atoms with van der Waals surface area (Å²) < 4.78 is 56.4. The number of hydrogen-bond acceptors (Lipinski definition) is 19. The maximum atomic E-state index is 12.5. The van der Waals surface area contributed by atoms with Gasteiger partial charge in [-0.25, -0.2) is 0 Å². The van der Waals surface area contributed by atoms with Crippen molar-refractivity contribution in [3.8, 4) is 0 Å². The predicted molar refractivity (Wildman–Crippen MR) is 183 cm³/mol. The number of aliphatic hydroxyl groups excluding tert-OH is 4. The van der Waals surface area contributed by atoms with Crippen molar-refractivity contribution in [2.24, 2.45) is 23.7 Å². The van der Waals surface area contributed by atoms with Gasteiger partial charge >= 0.3 is 23.9 Å². The number of ether oxygens (including phenoxy) is 11. The van der Waals surface area contributed by atoms with Gasteiger partial charge in [-0.1, -0.05) is 31.7 Å². The van der Waals surface area contributed by atoms with E-state index < -0.39 is 47.9 Å². The normalized spacial score (nSPS) is 26.4. The molecule has 4 N–H and O–H groups in total. The molecule has 5 aliphatic rings. The lowest BCUT2D eigenvalue weighted by Gasteiger charge is -2.22. The van der Waals surface area contributed by atoms with E-state index in [-0.39, 0.29) is 97.5 Å². The second-order valence-corrected chi connectivity index (χ2v) is 11.6. The van der Waals surface area contributed by atoms with Crippen LogP contribution in [0.2, 0.25) is 0 Å². The van der Waals surface area contributed by atoms with Gasteiger partial charge in [0, 0.05) is 0 Å². The van der Waals surface area contributed by atoms with Crippen molar-refractivity contribution in [2.45, 2.75) is 31.8 Å². The first-order valence-corrected chi connectivity index (χ1v) is 17.5. The molecule has 310 valence electrons. The summed E-state index contributed by atoms with van der Waals surface area (Å²) in [5, 5.41) is 33.7. The molecule has 5 rings (SSSR count). The topological polar surface area (TPSA) is 251 Å². The highest BCUT2D eigenvalue weighted by Crippen LogP contribution is 2.44. The van der Waals surface area contributed by atoms with E-state index in [1.54, 1.807) is 12.2 Å². The maximum Gasteiger partial charge on any atom is 0.320 e. The molecular weight excluding hydrogens is 724 g/mol. The molecular formula is C35H56O19. The summed E-state index contributed by atoms with van der Waals surface area (Å²) in [6.45, 7) is 3.94. The van der Waals surface area contributed by atoms with Gasteiger partial charge in [0.25, 0.3) is 0 Å². The second-order valence-electron chi connectivity index (χ2n) is 11.6. The average Bonchev–Trinajstić information content (AvgIpc) is 4.01. The quantitative estimate of drug-likeness (QED) is 0.0256. The first-order chi connectivity index (χ1) is 25.9. The minimum Gasteiger partial charge on any atom is -0.463 e. The minimum absolute atomic E-state index is 0. The van der Waals surface area contributed by atoms with Gasteiger partial charge < -0.3 is 72.5 Å². The number of cyclic esters (lactones) is 2. The molecule has 3 saturated heterocycles. The van der Waals surface area contributed by atoms with Crippen LogP contribution in [0.3, 0.4) is 0 Å². The first-order valence-electron chi connectivity index (χ1n) is 17.5. The van der Waals surface area contributed by atoms with Crippen LogP contribution in [0.15, 0.2) is 24.3 Å². The molecule has 8 atom stereocenters. The molecule has 19 nitrogen and oxygen atoms in total. The molecule has 0 aromatic rings. The SMILES string of the molecule is C.O=C(OCCOCCOCCO)C1C2C=CC(O2)C1C(=O)OCCOCCOCCO.O=C1OC(=O)C2C3C=CC(O3)C12.OCCOCCOCCO. The fourth-order valence-electron chi connectivity index (χ4n) is 5.79. The summed E-state index contributed by atoms with van der Waals surface area (Å²) in [4.78, 5) is 47.2. The second kappa shape index (κ2) is 27.6. The molecule has 0 aliphatic carbocycles. The molecule has 0 spiro atoms. The molecule has 8 unspecified atom stereocenters. The largest absolute Gasteiger partial charge is 0.463 e. The molecule has 0 aromatic heterocycles. The van der Waals surface area contributed by atoms with Crippen LogP contribution in [0, 0.1) is 23.7 Å². The van der Waals surface area contributed by atoms with Crippen molar-refractivity contribution in [2.75, 3.05) is 119 Å². The Morgan fingerprint density at radius 3 is 1.07 bits per heavy atom. The molecule has 0 saturated carbocycles. The monoisotopic (exact) mass is 780 g/mol.